The summed E-state index contributed by atoms with van der Waals surface area (Å²) < 4.78 is 29.9. The van der Waals surface area contributed by atoms with Gasteiger partial charge in [0, 0.05) is 30.1 Å². The van der Waals surface area contributed by atoms with Gasteiger partial charge >= 0.3 is 0 Å². The molecule has 0 amide bonds. The van der Waals surface area contributed by atoms with Gasteiger partial charge in [-0.3, -0.25) is 4.68 Å². The van der Waals surface area contributed by atoms with Crippen molar-refractivity contribution in [3.8, 4) is 0 Å². The van der Waals surface area contributed by atoms with Crippen molar-refractivity contribution in [1.29, 1.82) is 0 Å². The van der Waals surface area contributed by atoms with Gasteiger partial charge in [-0.15, -0.1) is 0 Å². The number of benzene rings is 1. The molecule has 144 valence electrons. The van der Waals surface area contributed by atoms with Crippen LogP contribution in [0.1, 0.15) is 61.4 Å². The first-order chi connectivity index (χ1) is 13.0. The van der Waals surface area contributed by atoms with Gasteiger partial charge < -0.3 is 0 Å². The topological polar surface area (TPSA) is 55.2 Å². The van der Waals surface area contributed by atoms with Crippen LogP contribution in [0.25, 0.3) is 6.08 Å². The molecular weight excluding hydrogens is 358 g/mol. The van der Waals surface area contributed by atoms with Crippen molar-refractivity contribution in [2.75, 3.05) is 0 Å². The van der Waals surface area contributed by atoms with Gasteiger partial charge in [0.05, 0.1) is 12.2 Å². The van der Waals surface area contributed by atoms with E-state index in [1.54, 1.807) is 10.4 Å². The van der Waals surface area contributed by atoms with Crippen LogP contribution in [0, 0.1) is 0 Å². The number of nitrogens with zero attached hydrogens (tertiary/aromatic N) is 3. The number of rotatable bonds is 7. The van der Waals surface area contributed by atoms with E-state index in [-0.39, 0.29) is 6.04 Å². The average Bonchev–Trinajstić information content (AvgIpc) is 3.22. The van der Waals surface area contributed by atoms with E-state index in [0.29, 0.717) is 12.5 Å². The molecule has 2 fully saturated rings. The Morgan fingerprint density at radius 1 is 1.15 bits per heavy atom. The fourth-order valence-corrected chi connectivity index (χ4v) is 5.39. The average molecular weight is 386 g/mol. The number of sulfonamides is 1. The molecule has 2 aliphatic rings. The van der Waals surface area contributed by atoms with E-state index >= 15 is 0 Å². The molecule has 6 heteroatoms. The smallest absolute Gasteiger partial charge is 0.236 e. The van der Waals surface area contributed by atoms with Gasteiger partial charge in [0.15, 0.2) is 0 Å². The van der Waals surface area contributed by atoms with Crippen molar-refractivity contribution in [3.63, 3.8) is 0 Å². The van der Waals surface area contributed by atoms with Crippen LogP contribution in [0.5, 0.6) is 0 Å². The SMILES string of the molecule is Cn1nc(CN(C2CCCC2)S(=O)(=O)C=Cc2ccccc2)cc1C1CC1. The Hall–Kier alpha value is -1.92. The molecule has 0 bridgehead atoms. The minimum Gasteiger partial charge on any atom is -0.272 e. The molecule has 0 atom stereocenters. The van der Waals surface area contributed by atoms with Crippen LogP contribution in [-0.4, -0.2) is 28.5 Å². The second-order valence-corrected chi connectivity index (χ2v) is 9.47. The van der Waals surface area contributed by atoms with Crippen LogP contribution in [0.3, 0.4) is 0 Å². The largest absolute Gasteiger partial charge is 0.272 e. The molecule has 0 N–H and O–H groups in total. The van der Waals surface area contributed by atoms with E-state index < -0.39 is 10.0 Å². The minimum absolute atomic E-state index is 0.0711. The molecule has 0 aliphatic heterocycles. The van der Waals surface area contributed by atoms with Gasteiger partial charge in [-0.2, -0.15) is 9.40 Å². The zero-order valence-electron chi connectivity index (χ0n) is 15.8. The second-order valence-electron chi connectivity index (χ2n) is 7.70. The molecule has 2 aliphatic carbocycles. The number of aromatic nitrogens is 2. The molecular formula is C21H27N3O2S. The molecule has 0 spiro atoms. The lowest BCUT2D eigenvalue weighted by molar-refractivity contribution is 0.316. The zero-order valence-corrected chi connectivity index (χ0v) is 16.6. The Balaban J connectivity index is 1.58. The Labute approximate surface area is 161 Å². The van der Waals surface area contributed by atoms with Crippen molar-refractivity contribution >= 4 is 16.1 Å². The van der Waals surface area contributed by atoms with Gasteiger partial charge in [-0.25, -0.2) is 8.42 Å². The van der Waals surface area contributed by atoms with Gasteiger partial charge in [-0.05, 0) is 43.4 Å². The number of hydrogen-bond donors (Lipinski definition) is 0. The van der Waals surface area contributed by atoms with Gasteiger partial charge in [-0.1, -0.05) is 43.2 Å². The predicted molar refractivity (Wildman–Crippen MR) is 107 cm³/mol. The molecule has 0 saturated heterocycles. The maximum Gasteiger partial charge on any atom is 0.236 e. The standard InChI is InChI=1S/C21H27N3O2S/c1-23-21(18-11-12-18)15-19(22-23)16-24(20-9-5-6-10-20)27(25,26)14-13-17-7-3-2-4-8-17/h2-4,7-8,13-15,18,20H,5-6,9-12,16H2,1H3. The first kappa shape index (κ1) is 18.4. The lowest BCUT2D eigenvalue weighted by Gasteiger charge is -2.25. The Morgan fingerprint density at radius 3 is 2.52 bits per heavy atom. The molecule has 2 saturated carbocycles. The molecule has 5 nitrogen and oxygen atoms in total. The Bertz CT molecular complexity index is 908. The lowest BCUT2D eigenvalue weighted by Crippen LogP contribution is -2.37. The highest BCUT2D eigenvalue weighted by Gasteiger charge is 2.32. The third kappa shape index (κ3) is 4.33. The third-order valence-corrected chi connectivity index (χ3v) is 7.13. The van der Waals surface area contributed by atoms with Gasteiger partial charge in [0.2, 0.25) is 10.0 Å². The zero-order chi connectivity index (χ0) is 18.9. The van der Waals surface area contributed by atoms with E-state index in [1.807, 2.05) is 42.1 Å². The van der Waals surface area contributed by atoms with E-state index in [1.165, 1.54) is 23.9 Å². The van der Waals surface area contributed by atoms with Crippen molar-refractivity contribution in [2.24, 2.45) is 7.05 Å². The molecule has 1 aromatic carbocycles. The maximum atomic E-state index is 13.1. The van der Waals surface area contributed by atoms with Crippen molar-refractivity contribution in [2.45, 2.75) is 57.0 Å². The fraction of sp³-hybridized carbons (Fsp3) is 0.476. The summed E-state index contributed by atoms with van der Waals surface area (Å²) in [7, 11) is -1.55. The summed E-state index contributed by atoms with van der Waals surface area (Å²) in [5, 5.41) is 5.95. The monoisotopic (exact) mass is 385 g/mol. The maximum absolute atomic E-state index is 13.1. The first-order valence-electron chi connectivity index (χ1n) is 9.81. The van der Waals surface area contributed by atoms with Crippen molar-refractivity contribution in [3.05, 3.63) is 58.8 Å². The van der Waals surface area contributed by atoms with Crippen LogP contribution in [0.2, 0.25) is 0 Å². The van der Waals surface area contributed by atoms with Crippen LogP contribution in [0.4, 0.5) is 0 Å². The molecule has 1 heterocycles. The molecule has 2 aromatic rings. The quantitative estimate of drug-likeness (QED) is 0.723. The summed E-state index contributed by atoms with van der Waals surface area (Å²) in [5.74, 6) is 0.603. The van der Waals surface area contributed by atoms with Crippen molar-refractivity contribution in [1.82, 2.24) is 14.1 Å². The van der Waals surface area contributed by atoms with E-state index in [4.69, 9.17) is 0 Å². The Morgan fingerprint density at radius 2 is 1.85 bits per heavy atom. The van der Waals surface area contributed by atoms with Gasteiger partial charge in [0.1, 0.15) is 0 Å². The molecule has 0 radical (unpaired) electrons. The highest BCUT2D eigenvalue weighted by atomic mass is 32.2. The fourth-order valence-electron chi connectivity index (χ4n) is 3.97. The summed E-state index contributed by atoms with van der Waals surface area (Å²) in [5.41, 5.74) is 2.97. The summed E-state index contributed by atoms with van der Waals surface area (Å²) in [6.07, 6.45) is 8.16. The van der Waals surface area contributed by atoms with Crippen LogP contribution in [-0.2, 0) is 23.6 Å². The summed E-state index contributed by atoms with van der Waals surface area (Å²) in [6, 6.07) is 11.7. The van der Waals surface area contributed by atoms with E-state index in [0.717, 1.165) is 36.9 Å². The van der Waals surface area contributed by atoms with Crippen LogP contribution >= 0.6 is 0 Å². The van der Waals surface area contributed by atoms with E-state index in [2.05, 4.69) is 11.2 Å². The molecule has 1 aromatic heterocycles. The highest BCUT2D eigenvalue weighted by molar-refractivity contribution is 7.92. The van der Waals surface area contributed by atoms with Crippen LogP contribution in [0.15, 0.2) is 41.8 Å². The lowest BCUT2D eigenvalue weighted by atomic mass is 10.2. The number of aryl methyl sites for hydroxylation is 1. The van der Waals surface area contributed by atoms with Gasteiger partial charge in [0.25, 0.3) is 0 Å². The Kier molecular flexibility index (Phi) is 5.19. The van der Waals surface area contributed by atoms with Crippen molar-refractivity contribution < 1.29 is 8.42 Å². The summed E-state index contributed by atoms with van der Waals surface area (Å²) in [4.78, 5) is 0. The normalized spacial score (nSPS) is 18.7. The molecule has 0 unspecified atom stereocenters. The number of hydrogen-bond acceptors (Lipinski definition) is 3. The third-order valence-electron chi connectivity index (χ3n) is 5.57. The molecule has 4 rings (SSSR count). The summed E-state index contributed by atoms with van der Waals surface area (Å²) >= 11 is 0. The molecule has 27 heavy (non-hydrogen) atoms. The summed E-state index contributed by atoms with van der Waals surface area (Å²) in [6.45, 7) is 0.354. The highest BCUT2D eigenvalue weighted by Crippen LogP contribution is 2.40. The first-order valence-corrected chi connectivity index (χ1v) is 11.3. The second kappa shape index (κ2) is 7.60. The predicted octanol–water partition coefficient (Wildman–Crippen LogP) is 4.04. The van der Waals surface area contributed by atoms with E-state index in [9.17, 15) is 8.42 Å². The van der Waals surface area contributed by atoms with Crippen LogP contribution < -0.4 is 0 Å². The minimum atomic E-state index is -3.51.